The second kappa shape index (κ2) is 6.86. The normalized spacial score (nSPS) is 11.6. The first-order chi connectivity index (χ1) is 14.2. The number of aromatic nitrogens is 8. The molecule has 0 fully saturated rings. The molecule has 0 aliphatic heterocycles. The van der Waals surface area contributed by atoms with Crippen LogP contribution in [0, 0.1) is 0 Å². The maximum absolute atomic E-state index is 12.6. The van der Waals surface area contributed by atoms with Gasteiger partial charge in [0.1, 0.15) is 11.4 Å². The van der Waals surface area contributed by atoms with Crippen LogP contribution >= 0.6 is 0 Å². The van der Waals surface area contributed by atoms with Gasteiger partial charge in [-0.25, -0.2) is 14.2 Å². The van der Waals surface area contributed by atoms with Gasteiger partial charge in [0.15, 0.2) is 5.65 Å². The van der Waals surface area contributed by atoms with Crippen molar-refractivity contribution in [3.8, 4) is 22.8 Å². The Morgan fingerprint density at radius 2 is 1.90 bits per heavy atom. The smallest absolute Gasteiger partial charge is 0.314 e. The van der Waals surface area contributed by atoms with E-state index in [9.17, 15) is 8.78 Å². The SMILES string of the molecule is FC(F)c1nnc(-c2ccc(Cn3cc(-c4cnc5cccnn45)nn3)cc2)o1. The molecule has 0 atom stereocenters. The van der Waals surface area contributed by atoms with Crippen molar-refractivity contribution in [2.45, 2.75) is 13.0 Å². The fourth-order valence-corrected chi connectivity index (χ4v) is 2.88. The molecule has 0 N–H and O–H groups in total. The van der Waals surface area contributed by atoms with Crippen LogP contribution in [-0.2, 0) is 6.54 Å². The lowest BCUT2D eigenvalue weighted by Gasteiger charge is -2.02. The van der Waals surface area contributed by atoms with E-state index in [0.29, 0.717) is 17.8 Å². The molecule has 11 heteroatoms. The molecular formula is C18H12F2N8O. The van der Waals surface area contributed by atoms with Gasteiger partial charge in [0.05, 0.1) is 18.9 Å². The third kappa shape index (κ3) is 3.22. The molecule has 0 aliphatic carbocycles. The molecule has 9 nitrogen and oxygen atoms in total. The van der Waals surface area contributed by atoms with E-state index in [1.54, 1.807) is 39.9 Å². The number of nitrogens with zero attached hydrogens (tertiary/aromatic N) is 8. The van der Waals surface area contributed by atoms with E-state index < -0.39 is 12.3 Å². The summed E-state index contributed by atoms with van der Waals surface area (Å²) >= 11 is 0. The summed E-state index contributed by atoms with van der Waals surface area (Å²) in [6.45, 7) is 0.476. The minimum absolute atomic E-state index is 0.0509. The van der Waals surface area contributed by atoms with Gasteiger partial charge in [-0.2, -0.15) is 13.9 Å². The Balaban J connectivity index is 1.34. The molecule has 0 bridgehead atoms. The minimum Gasteiger partial charge on any atom is -0.415 e. The van der Waals surface area contributed by atoms with Crippen LogP contribution in [0.3, 0.4) is 0 Å². The minimum atomic E-state index is -2.79. The number of fused-ring (bicyclic) bond motifs is 1. The standard InChI is InChI=1S/C18H12F2N8O/c19-16(20)18-25-24-17(29-18)12-5-3-11(4-6-12)9-27-10-13(23-26-27)14-8-21-15-2-1-7-22-28(14)15/h1-8,10,16H,9H2. The second-order valence-corrected chi connectivity index (χ2v) is 6.18. The largest absolute Gasteiger partial charge is 0.415 e. The third-order valence-electron chi connectivity index (χ3n) is 4.25. The molecule has 0 spiro atoms. The summed E-state index contributed by atoms with van der Waals surface area (Å²) < 4.78 is 33.5. The zero-order chi connectivity index (χ0) is 19.8. The summed E-state index contributed by atoms with van der Waals surface area (Å²) in [6, 6.07) is 10.8. The van der Waals surface area contributed by atoms with Gasteiger partial charge in [0.25, 0.3) is 5.89 Å². The van der Waals surface area contributed by atoms with E-state index in [0.717, 1.165) is 16.9 Å². The van der Waals surface area contributed by atoms with Crippen molar-refractivity contribution in [1.29, 1.82) is 0 Å². The van der Waals surface area contributed by atoms with Gasteiger partial charge < -0.3 is 4.42 Å². The van der Waals surface area contributed by atoms with Crippen molar-refractivity contribution in [3.63, 3.8) is 0 Å². The van der Waals surface area contributed by atoms with Crippen LogP contribution in [0.5, 0.6) is 0 Å². The van der Waals surface area contributed by atoms with E-state index in [-0.39, 0.29) is 5.89 Å². The molecular weight excluding hydrogens is 382 g/mol. The number of imidazole rings is 1. The quantitative estimate of drug-likeness (QED) is 0.452. The number of benzene rings is 1. The van der Waals surface area contributed by atoms with Gasteiger partial charge in [0.2, 0.25) is 5.89 Å². The Kier molecular flexibility index (Phi) is 4.04. The van der Waals surface area contributed by atoms with Crippen molar-refractivity contribution < 1.29 is 13.2 Å². The summed E-state index contributed by atoms with van der Waals surface area (Å²) in [4.78, 5) is 4.30. The lowest BCUT2D eigenvalue weighted by atomic mass is 10.1. The van der Waals surface area contributed by atoms with Crippen molar-refractivity contribution in [3.05, 3.63) is 66.4 Å². The monoisotopic (exact) mass is 394 g/mol. The topological polar surface area (TPSA) is 99.8 Å². The van der Waals surface area contributed by atoms with Crippen LogP contribution in [-0.4, -0.2) is 39.8 Å². The Bertz CT molecular complexity index is 1270. The highest BCUT2D eigenvalue weighted by Gasteiger charge is 2.17. The van der Waals surface area contributed by atoms with Crippen LogP contribution in [0.25, 0.3) is 28.5 Å². The molecule has 0 radical (unpaired) electrons. The number of hydrogen-bond acceptors (Lipinski definition) is 7. The van der Waals surface area contributed by atoms with Crippen molar-refractivity contribution in [2.24, 2.45) is 0 Å². The van der Waals surface area contributed by atoms with Gasteiger partial charge in [0, 0.05) is 11.8 Å². The summed E-state index contributed by atoms with van der Waals surface area (Å²) in [7, 11) is 0. The Morgan fingerprint density at radius 3 is 2.69 bits per heavy atom. The summed E-state index contributed by atoms with van der Waals surface area (Å²) in [5.41, 5.74) is 3.62. The summed E-state index contributed by atoms with van der Waals surface area (Å²) in [5.74, 6) is -0.642. The number of halogens is 2. The van der Waals surface area contributed by atoms with Crippen LogP contribution < -0.4 is 0 Å². The third-order valence-corrected chi connectivity index (χ3v) is 4.25. The molecule has 29 heavy (non-hydrogen) atoms. The molecule has 0 saturated carbocycles. The van der Waals surface area contributed by atoms with Crippen LogP contribution in [0.2, 0.25) is 0 Å². The molecule has 5 rings (SSSR count). The van der Waals surface area contributed by atoms with E-state index >= 15 is 0 Å². The fraction of sp³-hybridized carbons (Fsp3) is 0.111. The van der Waals surface area contributed by atoms with Gasteiger partial charge in [-0.05, 0) is 29.8 Å². The zero-order valence-corrected chi connectivity index (χ0v) is 14.7. The van der Waals surface area contributed by atoms with Gasteiger partial charge in [-0.15, -0.1) is 15.3 Å². The van der Waals surface area contributed by atoms with Crippen LogP contribution in [0.15, 0.2) is 59.4 Å². The molecule has 4 heterocycles. The average Bonchev–Trinajstić information content (AvgIpc) is 3.48. The lowest BCUT2D eigenvalue weighted by molar-refractivity contribution is 0.116. The lowest BCUT2D eigenvalue weighted by Crippen LogP contribution is -2.00. The molecule has 4 aromatic heterocycles. The highest BCUT2D eigenvalue weighted by molar-refractivity contribution is 5.57. The Labute approximate surface area is 161 Å². The predicted octanol–water partition coefficient (Wildman–Crippen LogP) is 3.02. The summed E-state index contributed by atoms with van der Waals surface area (Å²) in [5, 5.41) is 19.6. The van der Waals surface area contributed by atoms with Crippen molar-refractivity contribution in [2.75, 3.05) is 0 Å². The van der Waals surface area contributed by atoms with E-state index in [1.807, 2.05) is 24.3 Å². The first kappa shape index (κ1) is 17.1. The van der Waals surface area contributed by atoms with E-state index in [2.05, 4.69) is 30.6 Å². The van der Waals surface area contributed by atoms with Gasteiger partial charge in [-0.1, -0.05) is 17.3 Å². The predicted molar refractivity (Wildman–Crippen MR) is 95.8 cm³/mol. The van der Waals surface area contributed by atoms with Crippen molar-refractivity contribution in [1.82, 2.24) is 39.8 Å². The van der Waals surface area contributed by atoms with E-state index in [1.165, 1.54) is 0 Å². The van der Waals surface area contributed by atoms with Gasteiger partial charge >= 0.3 is 6.43 Å². The molecule has 1 aromatic carbocycles. The summed E-state index contributed by atoms with van der Waals surface area (Å²) in [6.07, 6.45) is 2.39. The maximum atomic E-state index is 12.6. The van der Waals surface area contributed by atoms with Crippen LogP contribution in [0.4, 0.5) is 8.78 Å². The van der Waals surface area contributed by atoms with Gasteiger partial charge in [-0.3, -0.25) is 0 Å². The first-order valence-corrected chi connectivity index (χ1v) is 8.57. The highest BCUT2D eigenvalue weighted by atomic mass is 19.3. The molecule has 0 aliphatic rings. The molecule has 0 saturated heterocycles. The Morgan fingerprint density at radius 1 is 1.03 bits per heavy atom. The average molecular weight is 394 g/mol. The Hall–Kier alpha value is -4.02. The van der Waals surface area contributed by atoms with E-state index in [4.69, 9.17) is 4.42 Å². The number of hydrogen-bond donors (Lipinski definition) is 0. The zero-order valence-electron chi connectivity index (χ0n) is 14.7. The maximum Gasteiger partial charge on any atom is 0.314 e. The molecule has 144 valence electrons. The second-order valence-electron chi connectivity index (χ2n) is 6.18. The highest BCUT2D eigenvalue weighted by Crippen LogP contribution is 2.23. The number of alkyl halides is 2. The van der Waals surface area contributed by atoms with Crippen LogP contribution in [0.1, 0.15) is 17.9 Å². The fourth-order valence-electron chi connectivity index (χ4n) is 2.88. The molecule has 0 unspecified atom stereocenters. The molecule has 0 amide bonds. The molecule has 5 aromatic rings. The first-order valence-electron chi connectivity index (χ1n) is 8.57. The number of rotatable bonds is 5. The van der Waals surface area contributed by atoms with Crippen molar-refractivity contribution >= 4 is 5.65 Å².